The Morgan fingerprint density at radius 3 is 2.74 bits per heavy atom. The van der Waals surface area contributed by atoms with Crippen molar-refractivity contribution in [3.8, 4) is 0 Å². The zero-order chi connectivity index (χ0) is 19.6. The second kappa shape index (κ2) is 7.68. The van der Waals surface area contributed by atoms with Crippen molar-refractivity contribution < 1.29 is 23.6 Å². The third-order valence-electron chi connectivity index (χ3n) is 3.48. The molecule has 0 unspecified atom stereocenters. The number of anilines is 1. The molecule has 0 bridgehead atoms. The normalized spacial score (nSPS) is 10.6. The van der Waals surface area contributed by atoms with Crippen molar-refractivity contribution >= 4 is 56.3 Å². The highest BCUT2D eigenvalue weighted by molar-refractivity contribution is 7.20. The fourth-order valence-electron chi connectivity index (χ4n) is 2.24. The molecule has 0 saturated heterocycles. The molecule has 7 nitrogen and oxygen atoms in total. The van der Waals surface area contributed by atoms with Crippen LogP contribution in [0, 0.1) is 15.9 Å². The number of nitro benzene ring substituents is 1. The molecule has 1 amide bonds. The molecule has 27 heavy (non-hydrogen) atoms. The van der Waals surface area contributed by atoms with Gasteiger partial charge in [0.2, 0.25) is 0 Å². The lowest BCUT2D eigenvalue weighted by Crippen LogP contribution is -2.20. The van der Waals surface area contributed by atoms with E-state index in [2.05, 4.69) is 5.32 Å². The van der Waals surface area contributed by atoms with E-state index in [0.717, 1.165) is 17.4 Å². The lowest BCUT2D eigenvalue weighted by molar-refractivity contribution is -0.384. The number of rotatable bonds is 5. The number of carbonyl (C=O) groups is 2. The second-order valence-electron chi connectivity index (χ2n) is 5.31. The predicted octanol–water partition coefficient (Wildman–Crippen LogP) is 4.40. The van der Waals surface area contributed by atoms with E-state index in [1.165, 1.54) is 30.3 Å². The number of hydrogen-bond acceptors (Lipinski definition) is 6. The van der Waals surface area contributed by atoms with Gasteiger partial charge in [-0.25, -0.2) is 9.18 Å². The number of fused-ring (bicyclic) bond motifs is 1. The molecule has 2 aromatic carbocycles. The van der Waals surface area contributed by atoms with Gasteiger partial charge in [0.05, 0.1) is 15.6 Å². The van der Waals surface area contributed by atoms with Gasteiger partial charge in [0, 0.05) is 22.2 Å². The van der Waals surface area contributed by atoms with Gasteiger partial charge in [-0.2, -0.15) is 0 Å². The summed E-state index contributed by atoms with van der Waals surface area (Å²) in [5.74, 6) is -1.96. The smallest absolute Gasteiger partial charge is 0.348 e. The van der Waals surface area contributed by atoms with Crippen molar-refractivity contribution in [1.29, 1.82) is 0 Å². The first kappa shape index (κ1) is 18.7. The maximum absolute atomic E-state index is 13.7. The fourth-order valence-corrected chi connectivity index (χ4v) is 3.37. The van der Waals surface area contributed by atoms with Crippen molar-refractivity contribution in [2.75, 3.05) is 11.9 Å². The van der Waals surface area contributed by atoms with Crippen LogP contribution in [0.25, 0.3) is 10.1 Å². The largest absolute Gasteiger partial charge is 0.451 e. The van der Waals surface area contributed by atoms with Crippen molar-refractivity contribution in [2.45, 2.75) is 0 Å². The van der Waals surface area contributed by atoms with Crippen molar-refractivity contribution in [3.05, 3.63) is 68.3 Å². The molecule has 0 spiro atoms. The van der Waals surface area contributed by atoms with Crippen LogP contribution >= 0.6 is 22.9 Å². The Hall–Kier alpha value is -3.04. The van der Waals surface area contributed by atoms with E-state index >= 15 is 0 Å². The third-order valence-corrected chi connectivity index (χ3v) is 4.89. The third kappa shape index (κ3) is 4.21. The molecule has 0 atom stereocenters. The van der Waals surface area contributed by atoms with E-state index in [-0.39, 0.29) is 21.3 Å². The number of halogens is 2. The molecule has 0 aliphatic carbocycles. The van der Waals surface area contributed by atoms with Gasteiger partial charge in [0.15, 0.2) is 6.61 Å². The molecule has 0 aliphatic heterocycles. The second-order valence-corrected chi connectivity index (χ2v) is 6.80. The van der Waals surface area contributed by atoms with Gasteiger partial charge in [0.1, 0.15) is 10.7 Å². The molecule has 1 aromatic heterocycles. The molecule has 138 valence electrons. The monoisotopic (exact) mass is 408 g/mol. The number of carbonyl (C=O) groups excluding carboxylic acids is 2. The average molecular weight is 409 g/mol. The van der Waals surface area contributed by atoms with Crippen LogP contribution in [0.1, 0.15) is 9.67 Å². The standard InChI is InChI=1S/C17H10ClFN2O5S/c18-11-5-4-9(21(24)25)6-13(11)20-16(22)8-26-17(23)15-7-10-12(19)2-1-3-14(10)27-15/h1-7H,8H2,(H,20,22). The first-order valence-corrected chi connectivity index (χ1v) is 8.63. The van der Waals surface area contributed by atoms with Gasteiger partial charge in [0.25, 0.3) is 11.6 Å². The quantitative estimate of drug-likeness (QED) is 0.383. The van der Waals surface area contributed by atoms with Crippen molar-refractivity contribution in [1.82, 2.24) is 0 Å². The highest BCUT2D eigenvalue weighted by Gasteiger charge is 2.17. The average Bonchev–Trinajstić information content (AvgIpc) is 3.07. The number of hydrogen-bond donors (Lipinski definition) is 1. The van der Waals surface area contributed by atoms with E-state index in [0.29, 0.717) is 10.1 Å². The van der Waals surface area contributed by atoms with Crippen LogP contribution < -0.4 is 5.32 Å². The minimum absolute atomic E-state index is 0.0239. The Morgan fingerprint density at radius 2 is 2.04 bits per heavy atom. The number of nitrogens with one attached hydrogen (secondary N) is 1. The lowest BCUT2D eigenvalue weighted by atomic mass is 10.2. The number of nitrogens with zero attached hydrogens (tertiary/aromatic N) is 1. The van der Waals surface area contributed by atoms with Crippen LogP contribution in [0.15, 0.2) is 42.5 Å². The molecule has 1 heterocycles. The molecular weight excluding hydrogens is 399 g/mol. The summed E-state index contributed by atoms with van der Waals surface area (Å²) in [5.41, 5.74) is -0.227. The van der Waals surface area contributed by atoms with Gasteiger partial charge in [-0.1, -0.05) is 17.7 Å². The molecule has 0 radical (unpaired) electrons. The SMILES string of the molecule is O=C(COC(=O)c1cc2c(F)cccc2s1)Nc1cc([N+](=O)[O-])ccc1Cl. The molecule has 3 aromatic rings. The van der Waals surface area contributed by atoms with Gasteiger partial charge in [-0.15, -0.1) is 11.3 Å². The summed E-state index contributed by atoms with van der Waals surface area (Å²) in [4.78, 5) is 34.3. The van der Waals surface area contributed by atoms with E-state index in [9.17, 15) is 24.1 Å². The Balaban J connectivity index is 1.65. The highest BCUT2D eigenvalue weighted by Crippen LogP contribution is 2.28. The van der Waals surface area contributed by atoms with E-state index in [1.54, 1.807) is 6.07 Å². The minimum atomic E-state index is -0.782. The highest BCUT2D eigenvalue weighted by atomic mass is 35.5. The van der Waals surface area contributed by atoms with Crippen LogP contribution in [0.2, 0.25) is 5.02 Å². The summed E-state index contributed by atoms with van der Waals surface area (Å²) in [6.45, 7) is -0.630. The van der Waals surface area contributed by atoms with E-state index in [4.69, 9.17) is 16.3 Å². The number of benzene rings is 2. The molecule has 1 N–H and O–H groups in total. The van der Waals surface area contributed by atoms with Gasteiger partial charge in [-0.3, -0.25) is 14.9 Å². The zero-order valence-electron chi connectivity index (χ0n) is 13.4. The summed E-state index contributed by atoms with van der Waals surface area (Å²) in [7, 11) is 0. The van der Waals surface area contributed by atoms with Crippen LogP contribution in [0.5, 0.6) is 0 Å². The van der Waals surface area contributed by atoms with Crippen LogP contribution in [-0.4, -0.2) is 23.4 Å². The predicted molar refractivity (Wildman–Crippen MR) is 98.8 cm³/mol. The number of non-ortho nitro benzene ring substituents is 1. The van der Waals surface area contributed by atoms with Crippen molar-refractivity contribution in [3.63, 3.8) is 0 Å². The molecule has 10 heteroatoms. The van der Waals surface area contributed by atoms with Crippen LogP contribution in [-0.2, 0) is 9.53 Å². The van der Waals surface area contributed by atoms with Gasteiger partial charge >= 0.3 is 5.97 Å². The summed E-state index contributed by atoms with van der Waals surface area (Å²) >= 11 is 6.93. The number of ether oxygens (including phenoxy) is 1. The Labute approximate surface area is 160 Å². The molecular formula is C17H10ClFN2O5S. The zero-order valence-corrected chi connectivity index (χ0v) is 15.0. The maximum Gasteiger partial charge on any atom is 0.348 e. The number of nitro groups is 1. The fraction of sp³-hybridized carbons (Fsp3) is 0.0588. The maximum atomic E-state index is 13.7. The number of thiophene rings is 1. The molecule has 3 rings (SSSR count). The van der Waals surface area contributed by atoms with Crippen LogP contribution in [0.3, 0.4) is 0 Å². The number of amides is 1. The first-order chi connectivity index (χ1) is 12.8. The van der Waals surface area contributed by atoms with Crippen molar-refractivity contribution in [2.24, 2.45) is 0 Å². The van der Waals surface area contributed by atoms with Gasteiger partial charge < -0.3 is 10.1 Å². The molecule has 0 fully saturated rings. The first-order valence-electron chi connectivity index (χ1n) is 7.44. The molecule has 0 aliphatic rings. The summed E-state index contributed by atoms with van der Waals surface area (Å²) in [6.07, 6.45) is 0. The lowest BCUT2D eigenvalue weighted by Gasteiger charge is -2.07. The van der Waals surface area contributed by atoms with Gasteiger partial charge in [-0.05, 0) is 24.3 Å². The summed E-state index contributed by atoms with van der Waals surface area (Å²) in [6, 6.07) is 9.38. The minimum Gasteiger partial charge on any atom is -0.451 e. The van der Waals surface area contributed by atoms with E-state index in [1.807, 2.05) is 0 Å². The van der Waals surface area contributed by atoms with E-state index < -0.39 is 29.2 Å². The van der Waals surface area contributed by atoms with Crippen LogP contribution in [0.4, 0.5) is 15.8 Å². The molecule has 0 saturated carbocycles. The Morgan fingerprint density at radius 1 is 1.26 bits per heavy atom. The number of esters is 1. The summed E-state index contributed by atoms with van der Waals surface area (Å²) < 4.78 is 19.2. The Bertz CT molecular complexity index is 1070. The summed E-state index contributed by atoms with van der Waals surface area (Å²) in [5, 5.41) is 13.5. The Kier molecular flexibility index (Phi) is 5.33. The topological polar surface area (TPSA) is 98.5 Å².